The zero-order valence-corrected chi connectivity index (χ0v) is 12.9. The lowest BCUT2D eigenvalue weighted by Gasteiger charge is -2.10. The van der Waals surface area contributed by atoms with E-state index >= 15 is 0 Å². The van der Waals surface area contributed by atoms with Crippen LogP contribution >= 0.6 is 15.9 Å². The Kier molecular flexibility index (Phi) is 4.55. The molecule has 0 amide bonds. The molecule has 0 saturated carbocycles. The summed E-state index contributed by atoms with van der Waals surface area (Å²) in [5.41, 5.74) is 5.49. The lowest BCUT2D eigenvalue weighted by molar-refractivity contribution is 0.483. The molecule has 0 bridgehead atoms. The fourth-order valence-electron chi connectivity index (χ4n) is 1.56. The van der Waals surface area contributed by atoms with E-state index in [0.717, 1.165) is 12.1 Å². The highest BCUT2D eigenvalue weighted by Crippen LogP contribution is 2.22. The predicted octanol–water partition coefficient (Wildman–Crippen LogP) is 2.38. The minimum atomic E-state index is -4.31. The third kappa shape index (κ3) is 3.55. The molecule has 2 aromatic rings. The van der Waals surface area contributed by atoms with Crippen molar-refractivity contribution < 1.29 is 17.2 Å². The molecule has 3 N–H and O–H groups in total. The monoisotopic (exact) mass is 377 g/mol. The van der Waals surface area contributed by atoms with Gasteiger partial charge in [-0.2, -0.15) is 0 Å². The molecule has 0 aliphatic rings. The van der Waals surface area contributed by atoms with E-state index in [1.54, 1.807) is 6.07 Å². The molecule has 21 heavy (non-hydrogen) atoms. The SMILES string of the molecule is NCc1cc(F)c(F)c(S(=O)(=O)Nc2ccc(Br)cn2)c1. The molecule has 1 aromatic heterocycles. The molecule has 2 rings (SSSR count). The predicted molar refractivity (Wildman–Crippen MR) is 77.0 cm³/mol. The highest BCUT2D eigenvalue weighted by molar-refractivity contribution is 9.10. The molecule has 9 heteroatoms. The van der Waals surface area contributed by atoms with Crippen LogP contribution < -0.4 is 10.5 Å². The first-order valence-corrected chi connectivity index (χ1v) is 7.93. The van der Waals surface area contributed by atoms with Gasteiger partial charge in [-0.1, -0.05) is 0 Å². The minimum absolute atomic E-state index is 0.0174. The summed E-state index contributed by atoms with van der Waals surface area (Å²) in [7, 11) is -4.31. The van der Waals surface area contributed by atoms with Crippen LogP contribution in [0.4, 0.5) is 14.6 Å². The Morgan fingerprint density at radius 2 is 2.00 bits per heavy atom. The first-order chi connectivity index (χ1) is 9.83. The van der Waals surface area contributed by atoms with Crippen LogP contribution in [-0.4, -0.2) is 13.4 Å². The van der Waals surface area contributed by atoms with Gasteiger partial charge in [0, 0.05) is 17.2 Å². The van der Waals surface area contributed by atoms with Crippen LogP contribution in [0.1, 0.15) is 5.56 Å². The van der Waals surface area contributed by atoms with E-state index in [1.165, 1.54) is 12.3 Å². The molecule has 112 valence electrons. The van der Waals surface area contributed by atoms with E-state index in [-0.39, 0.29) is 17.9 Å². The molecule has 0 radical (unpaired) electrons. The Hall–Kier alpha value is -1.58. The van der Waals surface area contributed by atoms with Gasteiger partial charge in [0.15, 0.2) is 11.6 Å². The Balaban J connectivity index is 2.44. The lowest BCUT2D eigenvalue weighted by atomic mass is 10.2. The van der Waals surface area contributed by atoms with Crippen LogP contribution in [-0.2, 0) is 16.6 Å². The summed E-state index contributed by atoms with van der Waals surface area (Å²) in [6, 6.07) is 4.77. The van der Waals surface area contributed by atoms with Crippen molar-refractivity contribution in [3.8, 4) is 0 Å². The quantitative estimate of drug-likeness (QED) is 0.856. The van der Waals surface area contributed by atoms with Crippen LogP contribution in [0, 0.1) is 11.6 Å². The second-order valence-corrected chi connectivity index (χ2v) is 6.63. The van der Waals surface area contributed by atoms with Gasteiger partial charge in [0.25, 0.3) is 10.0 Å². The molecule has 0 atom stereocenters. The Bertz CT molecular complexity index is 767. The van der Waals surface area contributed by atoms with Gasteiger partial charge >= 0.3 is 0 Å². The van der Waals surface area contributed by atoms with Crippen molar-refractivity contribution in [2.45, 2.75) is 11.4 Å². The Labute approximate surface area is 128 Å². The summed E-state index contributed by atoms with van der Waals surface area (Å²) in [5, 5.41) is 0. The van der Waals surface area contributed by atoms with Crippen molar-refractivity contribution in [1.29, 1.82) is 0 Å². The van der Waals surface area contributed by atoms with E-state index < -0.39 is 26.6 Å². The van der Waals surface area contributed by atoms with Gasteiger partial charge in [0.05, 0.1) is 0 Å². The molecular weight excluding hydrogens is 368 g/mol. The topological polar surface area (TPSA) is 85.1 Å². The fourth-order valence-corrected chi connectivity index (χ4v) is 2.94. The highest BCUT2D eigenvalue weighted by atomic mass is 79.9. The van der Waals surface area contributed by atoms with Crippen molar-refractivity contribution >= 4 is 31.8 Å². The maximum absolute atomic E-state index is 13.7. The number of hydrogen-bond acceptors (Lipinski definition) is 4. The van der Waals surface area contributed by atoms with Crippen molar-refractivity contribution in [1.82, 2.24) is 4.98 Å². The summed E-state index contributed by atoms with van der Waals surface area (Å²) < 4.78 is 54.1. The summed E-state index contributed by atoms with van der Waals surface area (Å²) in [6.07, 6.45) is 1.37. The second kappa shape index (κ2) is 6.04. The summed E-state index contributed by atoms with van der Waals surface area (Å²) in [6.45, 7) is -0.115. The minimum Gasteiger partial charge on any atom is -0.326 e. The highest BCUT2D eigenvalue weighted by Gasteiger charge is 2.23. The Morgan fingerprint density at radius 1 is 1.29 bits per heavy atom. The van der Waals surface area contributed by atoms with Crippen molar-refractivity contribution in [3.63, 3.8) is 0 Å². The number of rotatable bonds is 4. The molecular formula is C12H10BrF2N3O2S. The maximum Gasteiger partial charge on any atom is 0.266 e. The van der Waals surface area contributed by atoms with Crippen LogP contribution in [0.15, 0.2) is 39.8 Å². The van der Waals surface area contributed by atoms with Gasteiger partial charge < -0.3 is 5.73 Å². The van der Waals surface area contributed by atoms with E-state index in [0.29, 0.717) is 4.47 Å². The van der Waals surface area contributed by atoms with Crippen molar-refractivity contribution in [2.24, 2.45) is 5.73 Å². The second-order valence-electron chi connectivity index (χ2n) is 4.06. The van der Waals surface area contributed by atoms with E-state index in [9.17, 15) is 17.2 Å². The maximum atomic E-state index is 13.7. The number of anilines is 1. The number of pyridine rings is 1. The van der Waals surface area contributed by atoms with Gasteiger partial charge in [-0.15, -0.1) is 0 Å². The lowest BCUT2D eigenvalue weighted by Crippen LogP contribution is -2.17. The molecule has 1 heterocycles. The van der Waals surface area contributed by atoms with Gasteiger partial charge in [0.1, 0.15) is 10.7 Å². The fraction of sp³-hybridized carbons (Fsp3) is 0.0833. The molecule has 0 spiro atoms. The van der Waals surface area contributed by atoms with Crippen LogP contribution in [0.3, 0.4) is 0 Å². The van der Waals surface area contributed by atoms with E-state index in [1.807, 2.05) is 0 Å². The molecule has 0 aliphatic carbocycles. The van der Waals surface area contributed by atoms with Crippen LogP contribution in [0.5, 0.6) is 0 Å². The number of hydrogen-bond donors (Lipinski definition) is 2. The van der Waals surface area contributed by atoms with Crippen LogP contribution in [0.2, 0.25) is 0 Å². The molecule has 5 nitrogen and oxygen atoms in total. The standard InChI is InChI=1S/C12H10BrF2N3O2S/c13-8-1-2-11(17-6-8)18-21(19,20)10-4-7(5-16)3-9(14)12(10)15/h1-4,6H,5,16H2,(H,17,18). The average Bonchev–Trinajstić information content (AvgIpc) is 2.43. The van der Waals surface area contributed by atoms with Gasteiger partial charge in [0.2, 0.25) is 0 Å². The smallest absolute Gasteiger partial charge is 0.266 e. The summed E-state index contributed by atoms with van der Waals surface area (Å²) in [4.78, 5) is 2.99. The third-order valence-electron chi connectivity index (χ3n) is 2.55. The van der Waals surface area contributed by atoms with E-state index in [2.05, 4.69) is 25.6 Å². The third-order valence-corrected chi connectivity index (χ3v) is 4.37. The normalized spacial score (nSPS) is 11.4. The number of halogens is 3. The molecule has 1 aromatic carbocycles. The van der Waals surface area contributed by atoms with Crippen molar-refractivity contribution in [3.05, 3.63) is 52.1 Å². The number of nitrogens with one attached hydrogen (secondary N) is 1. The average molecular weight is 378 g/mol. The molecule has 0 aliphatic heterocycles. The number of nitrogens with zero attached hydrogens (tertiary/aromatic N) is 1. The van der Waals surface area contributed by atoms with Crippen LogP contribution in [0.25, 0.3) is 0 Å². The molecule has 0 saturated heterocycles. The Morgan fingerprint density at radius 3 is 2.57 bits per heavy atom. The first kappa shape index (κ1) is 15.8. The van der Waals surface area contributed by atoms with Gasteiger partial charge in [-0.05, 0) is 45.8 Å². The first-order valence-electron chi connectivity index (χ1n) is 5.66. The van der Waals surface area contributed by atoms with E-state index in [4.69, 9.17) is 5.73 Å². The van der Waals surface area contributed by atoms with Crippen molar-refractivity contribution in [2.75, 3.05) is 4.72 Å². The molecule has 0 fully saturated rings. The number of nitrogens with two attached hydrogens (primary N) is 1. The zero-order chi connectivity index (χ0) is 15.6. The summed E-state index contributed by atoms with van der Waals surface area (Å²) in [5.74, 6) is -2.75. The largest absolute Gasteiger partial charge is 0.326 e. The van der Waals surface area contributed by atoms with Gasteiger partial charge in [-0.3, -0.25) is 4.72 Å². The summed E-state index contributed by atoms with van der Waals surface area (Å²) >= 11 is 3.15. The van der Waals surface area contributed by atoms with Gasteiger partial charge in [-0.25, -0.2) is 22.2 Å². The number of benzene rings is 1. The number of aromatic nitrogens is 1. The molecule has 0 unspecified atom stereocenters. The zero-order valence-electron chi connectivity index (χ0n) is 10.5. The number of sulfonamides is 1.